The summed E-state index contributed by atoms with van der Waals surface area (Å²) in [6.07, 6.45) is 3.29. The molecule has 0 aliphatic heterocycles. The zero-order valence-electron chi connectivity index (χ0n) is 11.8. The molecule has 0 saturated carbocycles. The van der Waals surface area contributed by atoms with E-state index < -0.39 is 11.7 Å². The second kappa shape index (κ2) is 7.36. The molecule has 0 radical (unpaired) electrons. The van der Waals surface area contributed by atoms with Crippen molar-refractivity contribution >= 4 is 27.5 Å². The molecule has 110 valence electrons. The maximum absolute atomic E-state index is 13.6. The lowest BCUT2D eigenvalue weighted by molar-refractivity contribution is 0.102. The van der Waals surface area contributed by atoms with E-state index in [1.807, 2.05) is 18.2 Å². The van der Waals surface area contributed by atoms with E-state index in [1.165, 1.54) is 17.7 Å². The molecule has 0 aliphatic carbocycles. The second-order valence-corrected chi connectivity index (χ2v) is 5.71. The van der Waals surface area contributed by atoms with Gasteiger partial charge in [0.1, 0.15) is 5.82 Å². The number of hydrogen-bond acceptors (Lipinski definition) is 1. The van der Waals surface area contributed by atoms with Gasteiger partial charge in [-0.05, 0) is 58.6 Å². The Morgan fingerprint density at radius 2 is 2.00 bits per heavy atom. The third-order valence-electron chi connectivity index (χ3n) is 3.22. The summed E-state index contributed by atoms with van der Waals surface area (Å²) in [6.45, 7) is 2.15. The molecule has 0 aromatic heterocycles. The summed E-state index contributed by atoms with van der Waals surface area (Å²) in [5.41, 5.74) is 1.90. The first-order chi connectivity index (χ1) is 10.1. The van der Waals surface area contributed by atoms with Gasteiger partial charge in [0.15, 0.2) is 0 Å². The topological polar surface area (TPSA) is 29.1 Å². The number of rotatable bonds is 5. The molecule has 1 N–H and O–H groups in total. The first-order valence-corrected chi connectivity index (χ1v) is 7.75. The number of benzene rings is 2. The minimum atomic E-state index is -0.523. The normalized spacial score (nSPS) is 10.4. The largest absolute Gasteiger partial charge is 0.321 e. The molecule has 2 nitrogen and oxygen atoms in total. The predicted octanol–water partition coefficient (Wildman–Crippen LogP) is 5.18. The van der Waals surface area contributed by atoms with E-state index in [2.05, 4.69) is 28.2 Å². The van der Waals surface area contributed by atoms with Gasteiger partial charge < -0.3 is 5.32 Å². The molecule has 0 unspecified atom stereocenters. The predicted molar refractivity (Wildman–Crippen MR) is 87.1 cm³/mol. The molecule has 1 amide bonds. The van der Waals surface area contributed by atoms with Crippen molar-refractivity contribution in [2.24, 2.45) is 0 Å². The number of anilines is 1. The summed E-state index contributed by atoms with van der Waals surface area (Å²) in [4.78, 5) is 12.1. The average molecular weight is 350 g/mol. The third-order valence-corrected chi connectivity index (χ3v) is 3.88. The molecule has 4 heteroatoms. The van der Waals surface area contributed by atoms with Crippen LogP contribution in [0.3, 0.4) is 0 Å². The maximum Gasteiger partial charge on any atom is 0.258 e. The van der Waals surface area contributed by atoms with Crippen LogP contribution in [0.15, 0.2) is 46.9 Å². The van der Waals surface area contributed by atoms with Gasteiger partial charge in [0.25, 0.3) is 5.91 Å². The summed E-state index contributed by atoms with van der Waals surface area (Å²) in [6, 6.07) is 11.8. The van der Waals surface area contributed by atoms with Crippen LogP contribution in [0.2, 0.25) is 0 Å². The van der Waals surface area contributed by atoms with Crippen molar-refractivity contribution in [3.63, 3.8) is 0 Å². The van der Waals surface area contributed by atoms with E-state index in [1.54, 1.807) is 12.1 Å². The first-order valence-electron chi connectivity index (χ1n) is 6.96. The van der Waals surface area contributed by atoms with Gasteiger partial charge >= 0.3 is 0 Å². The van der Waals surface area contributed by atoms with Crippen molar-refractivity contribution in [3.8, 4) is 0 Å². The van der Waals surface area contributed by atoms with E-state index in [0.717, 1.165) is 23.7 Å². The lowest BCUT2D eigenvalue weighted by atomic mass is 10.1. The SMILES string of the molecule is CCCCc1ccc(NC(=O)c2ccccc2F)c(Br)c1. The highest BCUT2D eigenvalue weighted by Crippen LogP contribution is 2.25. The van der Waals surface area contributed by atoms with E-state index in [4.69, 9.17) is 0 Å². The molecule has 2 rings (SSSR count). The third kappa shape index (κ3) is 4.14. The quantitative estimate of drug-likeness (QED) is 0.791. The van der Waals surface area contributed by atoms with Crippen LogP contribution in [0.1, 0.15) is 35.7 Å². The highest BCUT2D eigenvalue weighted by Gasteiger charge is 2.12. The van der Waals surface area contributed by atoms with E-state index in [-0.39, 0.29) is 5.56 Å². The number of carbonyl (C=O) groups is 1. The smallest absolute Gasteiger partial charge is 0.258 e. The summed E-state index contributed by atoms with van der Waals surface area (Å²) >= 11 is 3.45. The molecule has 2 aromatic rings. The number of unbranched alkanes of at least 4 members (excludes halogenated alkanes) is 1. The van der Waals surface area contributed by atoms with Crippen molar-refractivity contribution in [3.05, 3.63) is 63.9 Å². The maximum atomic E-state index is 13.6. The van der Waals surface area contributed by atoms with Crippen molar-refractivity contribution in [1.29, 1.82) is 0 Å². The Kier molecular flexibility index (Phi) is 5.51. The van der Waals surface area contributed by atoms with Crippen LogP contribution >= 0.6 is 15.9 Å². The monoisotopic (exact) mass is 349 g/mol. The second-order valence-electron chi connectivity index (χ2n) is 4.85. The molecule has 21 heavy (non-hydrogen) atoms. The lowest BCUT2D eigenvalue weighted by Crippen LogP contribution is -2.14. The fourth-order valence-corrected chi connectivity index (χ4v) is 2.56. The average Bonchev–Trinajstić information content (AvgIpc) is 2.48. The molecule has 0 heterocycles. The van der Waals surface area contributed by atoms with Gasteiger partial charge in [0.2, 0.25) is 0 Å². The zero-order chi connectivity index (χ0) is 15.2. The van der Waals surface area contributed by atoms with Gasteiger partial charge in [-0.3, -0.25) is 4.79 Å². The number of halogens is 2. The van der Waals surface area contributed by atoms with Crippen molar-refractivity contribution in [2.75, 3.05) is 5.32 Å². The molecular weight excluding hydrogens is 333 g/mol. The summed E-state index contributed by atoms with van der Waals surface area (Å²) < 4.78 is 14.4. The van der Waals surface area contributed by atoms with Gasteiger partial charge in [-0.2, -0.15) is 0 Å². The van der Waals surface area contributed by atoms with Gasteiger partial charge in [0, 0.05) is 4.47 Å². The summed E-state index contributed by atoms with van der Waals surface area (Å²) in [5, 5.41) is 2.72. The van der Waals surface area contributed by atoms with Crippen LogP contribution in [-0.2, 0) is 6.42 Å². The Labute approximate surface area is 132 Å². The van der Waals surface area contributed by atoms with Crippen molar-refractivity contribution < 1.29 is 9.18 Å². The van der Waals surface area contributed by atoms with Crippen molar-refractivity contribution in [2.45, 2.75) is 26.2 Å². The fourth-order valence-electron chi connectivity index (χ4n) is 2.03. The van der Waals surface area contributed by atoms with Crippen LogP contribution in [0.4, 0.5) is 10.1 Å². The minimum Gasteiger partial charge on any atom is -0.321 e. The van der Waals surface area contributed by atoms with Gasteiger partial charge in [0.05, 0.1) is 11.3 Å². The molecule has 0 saturated heterocycles. The van der Waals surface area contributed by atoms with Crippen LogP contribution in [0, 0.1) is 5.82 Å². The number of nitrogens with one attached hydrogen (secondary N) is 1. The molecule has 0 fully saturated rings. The molecule has 0 aliphatic rings. The van der Waals surface area contributed by atoms with E-state index in [9.17, 15) is 9.18 Å². The minimum absolute atomic E-state index is 0.0412. The van der Waals surface area contributed by atoms with Crippen LogP contribution in [0.25, 0.3) is 0 Å². The Morgan fingerprint density at radius 1 is 1.24 bits per heavy atom. The number of aryl methyl sites for hydroxylation is 1. The highest BCUT2D eigenvalue weighted by molar-refractivity contribution is 9.10. The Balaban J connectivity index is 2.13. The molecule has 0 bridgehead atoms. The van der Waals surface area contributed by atoms with Gasteiger partial charge in [-0.15, -0.1) is 0 Å². The first kappa shape index (κ1) is 15.7. The van der Waals surface area contributed by atoms with Crippen LogP contribution in [-0.4, -0.2) is 5.91 Å². The molecular formula is C17H17BrFNO. The number of amides is 1. The highest BCUT2D eigenvalue weighted by atomic mass is 79.9. The summed E-state index contributed by atoms with van der Waals surface area (Å²) in [7, 11) is 0. The Hall–Kier alpha value is -1.68. The fraction of sp³-hybridized carbons (Fsp3) is 0.235. The number of carbonyl (C=O) groups excluding carboxylic acids is 1. The standard InChI is InChI=1S/C17H17BrFNO/c1-2-3-6-12-9-10-16(14(18)11-12)20-17(21)13-7-4-5-8-15(13)19/h4-5,7-11H,2-3,6H2,1H3,(H,20,21). The molecule has 0 spiro atoms. The van der Waals surface area contributed by atoms with E-state index >= 15 is 0 Å². The van der Waals surface area contributed by atoms with Crippen molar-refractivity contribution in [1.82, 2.24) is 0 Å². The van der Waals surface area contributed by atoms with Gasteiger partial charge in [-0.1, -0.05) is 31.5 Å². The molecule has 0 atom stereocenters. The lowest BCUT2D eigenvalue weighted by Gasteiger charge is -2.10. The summed E-state index contributed by atoms with van der Waals surface area (Å²) in [5.74, 6) is -0.971. The number of hydrogen-bond donors (Lipinski definition) is 1. The van der Waals surface area contributed by atoms with E-state index in [0.29, 0.717) is 5.69 Å². The van der Waals surface area contributed by atoms with Gasteiger partial charge in [-0.25, -0.2) is 4.39 Å². The van der Waals surface area contributed by atoms with Crippen LogP contribution < -0.4 is 5.32 Å². The molecule has 2 aromatic carbocycles. The Bertz CT molecular complexity index is 642. The zero-order valence-corrected chi connectivity index (χ0v) is 13.4. The van der Waals surface area contributed by atoms with Crippen LogP contribution in [0.5, 0.6) is 0 Å². The Morgan fingerprint density at radius 3 is 2.67 bits per heavy atom.